The smallest absolute Gasteiger partial charge is 0.0590 e. The normalized spacial score (nSPS) is 16.1. The van der Waals surface area contributed by atoms with Crippen molar-refractivity contribution in [3.63, 3.8) is 0 Å². The predicted molar refractivity (Wildman–Crippen MR) is 50.7 cm³/mol. The minimum absolute atomic E-state index is 0.254. The first-order chi connectivity index (χ1) is 4.76. The molecule has 0 aromatic rings. The summed E-state index contributed by atoms with van der Waals surface area (Å²) in [5, 5.41) is 0. The lowest BCUT2D eigenvalue weighted by molar-refractivity contribution is 0.0436. The van der Waals surface area contributed by atoms with Gasteiger partial charge in [-0.15, -0.1) is 0 Å². The quantitative estimate of drug-likeness (QED) is 0.564. The fourth-order valence-corrected chi connectivity index (χ4v) is 0.907. The Labute approximate surface area is 71.2 Å². The van der Waals surface area contributed by atoms with Gasteiger partial charge in [0.1, 0.15) is 0 Å². The van der Waals surface area contributed by atoms with Crippen molar-refractivity contribution < 1.29 is 0 Å². The molecule has 0 spiro atoms. The van der Waals surface area contributed by atoms with Crippen LogP contribution in [0, 0.1) is 0 Å². The number of hydrogen-bond acceptors (Lipinski definition) is 2. The van der Waals surface area contributed by atoms with E-state index in [4.69, 9.17) is 0 Å². The third kappa shape index (κ3) is 3.21. The van der Waals surface area contributed by atoms with Crippen LogP contribution in [-0.2, 0) is 0 Å². The summed E-state index contributed by atoms with van der Waals surface area (Å²) in [6.45, 7) is 8.90. The van der Waals surface area contributed by atoms with Crippen molar-refractivity contribution in [3.8, 4) is 0 Å². The fourth-order valence-electron chi connectivity index (χ4n) is 0.907. The van der Waals surface area contributed by atoms with Crippen molar-refractivity contribution in [2.24, 2.45) is 0 Å². The highest BCUT2D eigenvalue weighted by Crippen LogP contribution is 2.14. The number of rotatable bonds is 2. The van der Waals surface area contributed by atoms with E-state index in [9.17, 15) is 0 Å². The van der Waals surface area contributed by atoms with Gasteiger partial charge in [-0.05, 0) is 48.8 Å². The summed E-state index contributed by atoms with van der Waals surface area (Å²) in [6, 6.07) is 0. The molecule has 1 unspecified atom stereocenters. The topological polar surface area (TPSA) is 6.48 Å². The van der Waals surface area contributed by atoms with Gasteiger partial charge in [-0.25, -0.2) is 0 Å². The largest absolute Gasteiger partial charge is 0.294 e. The summed E-state index contributed by atoms with van der Waals surface area (Å²) >= 11 is 0. The maximum Gasteiger partial charge on any atom is 0.0590 e. The first kappa shape index (κ1) is 10.9. The molecule has 68 valence electrons. The second-order valence-corrected chi connectivity index (χ2v) is 4.38. The first-order valence-electron chi connectivity index (χ1n) is 4.16. The van der Waals surface area contributed by atoms with Gasteiger partial charge in [0.05, 0.1) is 6.17 Å². The van der Waals surface area contributed by atoms with Crippen LogP contribution in [0.4, 0.5) is 0 Å². The van der Waals surface area contributed by atoms with E-state index in [2.05, 4.69) is 58.6 Å². The Kier molecular flexibility index (Phi) is 3.52. The molecule has 0 radical (unpaired) electrons. The van der Waals surface area contributed by atoms with Crippen LogP contribution < -0.4 is 0 Å². The molecule has 0 saturated carbocycles. The van der Waals surface area contributed by atoms with Crippen LogP contribution in [0.3, 0.4) is 0 Å². The van der Waals surface area contributed by atoms with Crippen LogP contribution in [0.25, 0.3) is 0 Å². The SMILES string of the molecule is CC(N(C)C)N(C)C(C)(C)C. The average molecular weight is 158 g/mol. The van der Waals surface area contributed by atoms with E-state index in [0.717, 1.165) is 0 Å². The predicted octanol–water partition coefficient (Wildman–Crippen LogP) is 1.62. The lowest BCUT2D eigenvalue weighted by Crippen LogP contribution is -2.49. The Morgan fingerprint density at radius 1 is 1.00 bits per heavy atom. The summed E-state index contributed by atoms with van der Waals surface area (Å²) in [5.74, 6) is 0. The lowest BCUT2D eigenvalue weighted by atomic mass is 10.1. The van der Waals surface area contributed by atoms with Crippen molar-refractivity contribution >= 4 is 0 Å². The highest BCUT2D eigenvalue weighted by Gasteiger charge is 2.22. The molecule has 0 heterocycles. The van der Waals surface area contributed by atoms with Gasteiger partial charge in [0.15, 0.2) is 0 Å². The summed E-state index contributed by atoms with van der Waals surface area (Å²) < 4.78 is 0. The van der Waals surface area contributed by atoms with E-state index in [-0.39, 0.29) is 5.54 Å². The van der Waals surface area contributed by atoms with Crippen molar-refractivity contribution in [2.75, 3.05) is 21.1 Å². The second-order valence-electron chi connectivity index (χ2n) is 4.38. The van der Waals surface area contributed by atoms with Gasteiger partial charge in [0.2, 0.25) is 0 Å². The molecule has 1 atom stereocenters. The molecule has 0 aromatic heterocycles. The number of nitrogens with zero attached hydrogens (tertiary/aromatic N) is 2. The van der Waals surface area contributed by atoms with Crippen molar-refractivity contribution in [1.82, 2.24) is 9.80 Å². The molecule has 2 nitrogen and oxygen atoms in total. The van der Waals surface area contributed by atoms with Crippen molar-refractivity contribution in [3.05, 3.63) is 0 Å². The van der Waals surface area contributed by atoms with Gasteiger partial charge in [0.25, 0.3) is 0 Å². The first-order valence-corrected chi connectivity index (χ1v) is 4.16. The minimum Gasteiger partial charge on any atom is -0.294 e. The van der Waals surface area contributed by atoms with Crippen molar-refractivity contribution in [2.45, 2.75) is 39.4 Å². The molecular formula is C9H22N2. The molecule has 0 N–H and O–H groups in total. The van der Waals surface area contributed by atoms with Crippen LogP contribution >= 0.6 is 0 Å². The molecule has 0 saturated heterocycles. The Morgan fingerprint density at radius 3 is 1.45 bits per heavy atom. The van der Waals surface area contributed by atoms with Gasteiger partial charge < -0.3 is 0 Å². The maximum atomic E-state index is 2.35. The molecule has 2 heteroatoms. The second kappa shape index (κ2) is 3.55. The molecule has 11 heavy (non-hydrogen) atoms. The average Bonchev–Trinajstić information content (AvgIpc) is 1.82. The van der Waals surface area contributed by atoms with E-state index < -0.39 is 0 Å². The molecule has 0 aliphatic rings. The summed E-state index contributed by atoms with van der Waals surface area (Å²) in [6.07, 6.45) is 0.495. The monoisotopic (exact) mass is 158 g/mol. The molecule has 0 fully saturated rings. The van der Waals surface area contributed by atoms with E-state index in [0.29, 0.717) is 6.17 Å². The summed E-state index contributed by atoms with van der Waals surface area (Å²) in [4.78, 5) is 4.57. The van der Waals surface area contributed by atoms with Crippen molar-refractivity contribution in [1.29, 1.82) is 0 Å². The zero-order chi connectivity index (χ0) is 9.23. The van der Waals surface area contributed by atoms with Gasteiger partial charge in [-0.3, -0.25) is 9.80 Å². The van der Waals surface area contributed by atoms with Crippen LogP contribution in [-0.4, -0.2) is 42.6 Å². The zero-order valence-corrected chi connectivity index (χ0v) is 8.97. The highest BCUT2D eigenvalue weighted by atomic mass is 15.3. The van der Waals surface area contributed by atoms with E-state index in [1.54, 1.807) is 0 Å². The lowest BCUT2D eigenvalue weighted by Gasteiger charge is -2.39. The molecule has 0 bridgehead atoms. The maximum absolute atomic E-state index is 2.35. The molecular weight excluding hydrogens is 136 g/mol. The Hall–Kier alpha value is -0.0800. The van der Waals surface area contributed by atoms with Gasteiger partial charge in [-0.1, -0.05) is 0 Å². The third-order valence-electron chi connectivity index (χ3n) is 2.37. The van der Waals surface area contributed by atoms with E-state index >= 15 is 0 Å². The molecule has 0 aliphatic heterocycles. The molecule has 0 aromatic carbocycles. The highest BCUT2D eigenvalue weighted by molar-refractivity contribution is 4.76. The Balaban J connectivity index is 4.13. The zero-order valence-electron chi connectivity index (χ0n) is 8.97. The summed E-state index contributed by atoms with van der Waals surface area (Å²) in [5.41, 5.74) is 0.254. The van der Waals surface area contributed by atoms with E-state index in [1.165, 1.54) is 0 Å². The summed E-state index contributed by atoms with van der Waals surface area (Å²) in [7, 11) is 6.37. The Morgan fingerprint density at radius 2 is 1.36 bits per heavy atom. The van der Waals surface area contributed by atoms with Gasteiger partial charge >= 0.3 is 0 Å². The Bertz CT molecular complexity index is 113. The van der Waals surface area contributed by atoms with Crippen LogP contribution in [0.15, 0.2) is 0 Å². The fraction of sp³-hybridized carbons (Fsp3) is 1.00. The standard InChI is InChI=1S/C9H22N2/c1-8(10(5)6)11(7)9(2,3)4/h8H,1-7H3. The van der Waals surface area contributed by atoms with Crippen LogP contribution in [0.5, 0.6) is 0 Å². The molecule has 0 amide bonds. The molecule has 0 rings (SSSR count). The number of hydrogen-bond donors (Lipinski definition) is 0. The van der Waals surface area contributed by atoms with E-state index in [1.807, 2.05) is 0 Å². The minimum atomic E-state index is 0.254. The molecule has 0 aliphatic carbocycles. The third-order valence-corrected chi connectivity index (χ3v) is 2.37. The van der Waals surface area contributed by atoms with Crippen LogP contribution in [0.1, 0.15) is 27.7 Å². The van der Waals surface area contributed by atoms with Gasteiger partial charge in [-0.2, -0.15) is 0 Å². The van der Waals surface area contributed by atoms with Gasteiger partial charge in [0, 0.05) is 5.54 Å². The van der Waals surface area contributed by atoms with Crippen LogP contribution in [0.2, 0.25) is 0 Å².